The molecule has 1 heterocycles. The van der Waals surface area contributed by atoms with Gasteiger partial charge in [-0.1, -0.05) is 18.2 Å². The number of nitrogens with zero attached hydrogens (tertiary/aromatic N) is 1. The smallest absolute Gasteiger partial charge is 0.338 e. The molecule has 1 aliphatic rings. The number of thiocarbonyl (C=S) groups is 1. The van der Waals surface area contributed by atoms with Gasteiger partial charge in [-0.2, -0.15) is 0 Å². The summed E-state index contributed by atoms with van der Waals surface area (Å²) in [6.07, 6.45) is 2.55. The van der Waals surface area contributed by atoms with Crippen LogP contribution in [0.3, 0.4) is 0 Å². The number of anilines is 2. The van der Waals surface area contributed by atoms with Crippen molar-refractivity contribution in [3.63, 3.8) is 0 Å². The zero-order chi connectivity index (χ0) is 20.8. The molecule has 0 aliphatic carbocycles. The number of carbonyl (C=O) groups excluding carboxylic acids is 1. The van der Waals surface area contributed by atoms with Gasteiger partial charge in [-0.3, -0.25) is 0 Å². The maximum atomic E-state index is 12.1. The average molecular weight is 412 g/mol. The minimum Gasteiger partial charge on any atom is -0.462 e. The number of benzene rings is 2. The normalized spacial score (nSPS) is 14.4. The fraction of sp³-hybridized carbons (Fsp3) is 0.391. The Morgan fingerprint density at radius 2 is 1.86 bits per heavy atom. The number of carbonyl (C=O) groups is 1. The van der Waals surface area contributed by atoms with E-state index in [-0.39, 0.29) is 12.0 Å². The second-order valence-electron chi connectivity index (χ2n) is 7.30. The maximum absolute atomic E-state index is 12.1. The molecule has 0 spiro atoms. The summed E-state index contributed by atoms with van der Waals surface area (Å²) < 4.78 is 5.12. The molecule has 154 valence electrons. The van der Waals surface area contributed by atoms with Crippen LogP contribution in [0.1, 0.15) is 54.2 Å². The Morgan fingerprint density at radius 1 is 1.17 bits per heavy atom. The fourth-order valence-corrected chi connectivity index (χ4v) is 3.88. The Labute approximate surface area is 178 Å². The summed E-state index contributed by atoms with van der Waals surface area (Å²) in [7, 11) is 0. The van der Waals surface area contributed by atoms with Crippen LogP contribution in [-0.4, -0.2) is 30.8 Å². The van der Waals surface area contributed by atoms with Gasteiger partial charge in [0.2, 0.25) is 0 Å². The van der Waals surface area contributed by atoms with Crippen LogP contribution in [0.2, 0.25) is 0 Å². The topological polar surface area (TPSA) is 53.6 Å². The van der Waals surface area contributed by atoms with Crippen LogP contribution in [0.5, 0.6) is 0 Å². The van der Waals surface area contributed by atoms with Gasteiger partial charge in [-0.05, 0) is 81.2 Å². The van der Waals surface area contributed by atoms with E-state index in [1.54, 1.807) is 13.0 Å². The van der Waals surface area contributed by atoms with Crippen LogP contribution in [0.4, 0.5) is 11.4 Å². The highest BCUT2D eigenvalue weighted by Gasteiger charge is 2.15. The molecule has 0 saturated carbocycles. The molecule has 5 nitrogen and oxygen atoms in total. The largest absolute Gasteiger partial charge is 0.462 e. The number of rotatable bonds is 6. The molecule has 1 saturated heterocycles. The van der Waals surface area contributed by atoms with E-state index in [9.17, 15) is 4.79 Å². The van der Waals surface area contributed by atoms with Gasteiger partial charge in [0.1, 0.15) is 0 Å². The lowest BCUT2D eigenvalue weighted by atomic mass is 10.1. The molecule has 0 radical (unpaired) electrons. The van der Waals surface area contributed by atoms with E-state index in [4.69, 9.17) is 17.0 Å². The molecule has 1 fully saturated rings. The molecule has 1 aliphatic heterocycles. The Morgan fingerprint density at radius 3 is 2.52 bits per heavy atom. The third kappa shape index (κ3) is 5.26. The lowest BCUT2D eigenvalue weighted by molar-refractivity contribution is 0.0525. The van der Waals surface area contributed by atoms with Gasteiger partial charge in [0, 0.05) is 24.5 Å². The van der Waals surface area contributed by atoms with Crippen LogP contribution in [0.15, 0.2) is 42.5 Å². The first-order chi connectivity index (χ1) is 14.0. The molecule has 1 unspecified atom stereocenters. The first-order valence-corrected chi connectivity index (χ1v) is 10.6. The van der Waals surface area contributed by atoms with Crippen molar-refractivity contribution in [2.45, 2.75) is 39.7 Å². The van der Waals surface area contributed by atoms with E-state index in [0.29, 0.717) is 17.3 Å². The molecule has 1 atom stereocenters. The molecule has 0 amide bonds. The zero-order valence-electron chi connectivity index (χ0n) is 17.3. The van der Waals surface area contributed by atoms with Gasteiger partial charge in [0.25, 0.3) is 0 Å². The van der Waals surface area contributed by atoms with Gasteiger partial charge in [-0.15, -0.1) is 0 Å². The van der Waals surface area contributed by atoms with Gasteiger partial charge in [-0.25, -0.2) is 4.79 Å². The predicted octanol–water partition coefficient (Wildman–Crippen LogP) is 4.82. The van der Waals surface area contributed by atoms with Gasteiger partial charge >= 0.3 is 5.97 Å². The van der Waals surface area contributed by atoms with Crippen molar-refractivity contribution in [2.24, 2.45) is 0 Å². The van der Waals surface area contributed by atoms with Gasteiger partial charge in [0.15, 0.2) is 5.11 Å². The number of hydrogen-bond donors (Lipinski definition) is 2. The number of ether oxygens (including phenoxy) is 1. The van der Waals surface area contributed by atoms with E-state index in [1.807, 2.05) is 19.1 Å². The highest BCUT2D eigenvalue weighted by molar-refractivity contribution is 7.80. The van der Waals surface area contributed by atoms with Crippen LogP contribution in [0.25, 0.3) is 0 Å². The molecule has 0 bridgehead atoms. The molecular weight excluding hydrogens is 382 g/mol. The summed E-state index contributed by atoms with van der Waals surface area (Å²) in [5.74, 6) is -0.320. The summed E-state index contributed by atoms with van der Waals surface area (Å²) in [6, 6.07) is 14.2. The maximum Gasteiger partial charge on any atom is 0.338 e. The molecular formula is C23H29N3O2S. The molecule has 2 N–H and O–H groups in total. The highest BCUT2D eigenvalue weighted by Crippen LogP contribution is 2.23. The second-order valence-corrected chi connectivity index (χ2v) is 7.71. The van der Waals surface area contributed by atoms with E-state index < -0.39 is 0 Å². The third-order valence-corrected chi connectivity index (χ3v) is 5.51. The van der Waals surface area contributed by atoms with Crippen LogP contribution >= 0.6 is 12.2 Å². The van der Waals surface area contributed by atoms with Crippen molar-refractivity contribution in [3.05, 3.63) is 59.2 Å². The van der Waals surface area contributed by atoms with E-state index >= 15 is 0 Å². The lowest BCUT2D eigenvalue weighted by Crippen LogP contribution is -2.31. The van der Waals surface area contributed by atoms with Gasteiger partial charge < -0.3 is 20.3 Å². The molecule has 2 aromatic rings. The first-order valence-electron chi connectivity index (χ1n) is 10.2. The van der Waals surface area contributed by atoms with Crippen molar-refractivity contribution in [1.82, 2.24) is 5.32 Å². The lowest BCUT2D eigenvalue weighted by Gasteiger charge is -2.21. The van der Waals surface area contributed by atoms with Gasteiger partial charge in [0.05, 0.1) is 18.2 Å². The summed E-state index contributed by atoms with van der Waals surface area (Å²) in [4.78, 5) is 14.5. The molecule has 3 rings (SSSR count). The summed E-state index contributed by atoms with van der Waals surface area (Å²) in [6.45, 7) is 8.41. The van der Waals surface area contributed by atoms with E-state index in [0.717, 1.165) is 24.3 Å². The van der Waals surface area contributed by atoms with Crippen LogP contribution in [0, 0.1) is 6.92 Å². The van der Waals surface area contributed by atoms with Crippen LogP contribution in [-0.2, 0) is 4.74 Å². The minimum atomic E-state index is -0.320. The fourth-order valence-electron chi connectivity index (χ4n) is 3.59. The van der Waals surface area contributed by atoms with Crippen molar-refractivity contribution in [2.75, 3.05) is 29.9 Å². The predicted molar refractivity (Wildman–Crippen MR) is 123 cm³/mol. The minimum absolute atomic E-state index is 0.0659. The number of hydrogen-bond acceptors (Lipinski definition) is 4. The van der Waals surface area contributed by atoms with E-state index in [1.165, 1.54) is 24.1 Å². The van der Waals surface area contributed by atoms with Crippen molar-refractivity contribution >= 4 is 34.7 Å². The Balaban J connectivity index is 1.61. The molecule has 29 heavy (non-hydrogen) atoms. The van der Waals surface area contributed by atoms with Crippen LogP contribution < -0.4 is 15.5 Å². The van der Waals surface area contributed by atoms with E-state index in [2.05, 4.69) is 46.7 Å². The van der Waals surface area contributed by atoms with Crippen molar-refractivity contribution in [1.29, 1.82) is 0 Å². The number of nitrogens with one attached hydrogen (secondary N) is 2. The average Bonchev–Trinajstić information content (AvgIpc) is 3.24. The Bertz CT molecular complexity index is 861. The number of esters is 1. The first kappa shape index (κ1) is 21.1. The Kier molecular flexibility index (Phi) is 7.09. The third-order valence-electron chi connectivity index (χ3n) is 5.29. The van der Waals surface area contributed by atoms with Crippen molar-refractivity contribution < 1.29 is 9.53 Å². The second kappa shape index (κ2) is 9.74. The van der Waals surface area contributed by atoms with Crippen molar-refractivity contribution in [3.8, 4) is 0 Å². The summed E-state index contributed by atoms with van der Waals surface area (Å²) >= 11 is 5.50. The quantitative estimate of drug-likeness (QED) is 0.525. The molecule has 2 aromatic carbocycles. The standard InChI is InChI=1S/C23H29N3O2S/c1-4-28-22(27)20-8-7-9-21(16(20)2)25-23(29)24-17(3)18-10-12-19(13-11-18)26-14-5-6-15-26/h7-13,17H,4-6,14-15H2,1-3H3,(H2,24,25,29). The SMILES string of the molecule is CCOC(=O)c1cccc(NC(=S)NC(C)c2ccc(N3CCCC3)cc2)c1C. The Hall–Kier alpha value is -2.60. The highest BCUT2D eigenvalue weighted by atomic mass is 32.1. The molecule has 0 aromatic heterocycles. The monoisotopic (exact) mass is 411 g/mol. The zero-order valence-corrected chi connectivity index (χ0v) is 18.1. The molecule has 6 heteroatoms. The summed E-state index contributed by atoms with van der Waals surface area (Å²) in [5, 5.41) is 7.05. The summed E-state index contributed by atoms with van der Waals surface area (Å²) in [5.41, 5.74) is 4.62.